The number of nitrogens with two attached hydrogens (primary N) is 1. The summed E-state index contributed by atoms with van der Waals surface area (Å²) in [5, 5.41) is 10.3. The number of likely N-dealkylation sites (tertiary alicyclic amines) is 1. The van der Waals surface area contributed by atoms with Crippen LogP contribution in [0.4, 0.5) is 5.82 Å². The molecule has 220 valence electrons. The summed E-state index contributed by atoms with van der Waals surface area (Å²) in [6.07, 6.45) is 3.95. The number of imidazole rings is 1. The minimum Gasteiger partial charge on any atom is -0.454 e. The van der Waals surface area contributed by atoms with E-state index in [4.69, 9.17) is 24.7 Å². The predicted molar refractivity (Wildman–Crippen MR) is 151 cm³/mol. The summed E-state index contributed by atoms with van der Waals surface area (Å²) >= 11 is 5.12. The minimum absolute atomic E-state index is 0. The van der Waals surface area contributed by atoms with Gasteiger partial charge in [0.15, 0.2) is 33.6 Å². The number of ether oxygens (including phenoxy) is 2. The van der Waals surface area contributed by atoms with Gasteiger partial charge in [0.25, 0.3) is 16.0 Å². The first kappa shape index (κ1) is 31.8. The average Bonchev–Trinajstić information content (AvgIpc) is 3.46. The van der Waals surface area contributed by atoms with Crippen LogP contribution < -0.4 is 15.2 Å². The second kappa shape index (κ2) is 13.3. The van der Waals surface area contributed by atoms with Crippen LogP contribution in [-0.4, -0.2) is 86.1 Å². The van der Waals surface area contributed by atoms with Crippen LogP contribution in [0.3, 0.4) is 0 Å². The van der Waals surface area contributed by atoms with Crippen LogP contribution in [0.5, 0.6) is 11.5 Å². The molecule has 1 amide bonds. The number of anilines is 1. The molecule has 1 atom stereocenters. The Kier molecular flexibility index (Phi) is 10.6. The van der Waals surface area contributed by atoms with Crippen LogP contribution in [-0.2, 0) is 21.5 Å². The lowest BCUT2D eigenvalue weighted by molar-refractivity contribution is -0.140. The molecular weight excluding hydrogens is 632 g/mol. The molecule has 5 rings (SSSR count). The van der Waals surface area contributed by atoms with Crippen molar-refractivity contribution in [1.29, 1.82) is 0 Å². The Balaban J connectivity index is 0.000000677. The molecule has 0 aliphatic carbocycles. The molecule has 3 aromatic rings. The third-order valence-corrected chi connectivity index (χ3v) is 8.17. The Labute approximate surface area is 243 Å². The van der Waals surface area contributed by atoms with E-state index < -0.39 is 16.2 Å². The maximum Gasteiger partial charge on any atom is 0.261 e. The molecule has 0 unspecified atom stereocenters. The second-order valence-electron chi connectivity index (χ2n) is 9.18. The van der Waals surface area contributed by atoms with E-state index in [1.807, 2.05) is 12.1 Å². The largest absolute Gasteiger partial charge is 0.454 e. The Morgan fingerprint density at radius 2 is 1.88 bits per heavy atom. The molecule has 17 heteroatoms. The molecule has 0 spiro atoms. The number of carbonyl (C=O) groups excluding carboxylic acids is 1. The fourth-order valence-corrected chi connectivity index (χ4v) is 5.82. The van der Waals surface area contributed by atoms with E-state index in [-0.39, 0.29) is 18.2 Å². The average molecular weight is 664 g/mol. The van der Waals surface area contributed by atoms with E-state index in [0.717, 1.165) is 33.8 Å². The molecule has 1 saturated heterocycles. The fraction of sp³-hybridized carbons (Fsp3) is 0.478. The van der Waals surface area contributed by atoms with Crippen molar-refractivity contribution < 1.29 is 37.8 Å². The Morgan fingerprint density at radius 1 is 1.25 bits per heavy atom. The number of nitrogen functional groups attached to an aromatic ring is 1. The Hall–Kier alpha value is -2.70. The highest BCUT2D eigenvalue weighted by Crippen LogP contribution is 2.43. The first-order chi connectivity index (χ1) is 18.4. The third kappa shape index (κ3) is 7.94. The van der Waals surface area contributed by atoms with E-state index in [0.29, 0.717) is 60.3 Å². The van der Waals surface area contributed by atoms with Crippen molar-refractivity contribution in [1.82, 2.24) is 24.4 Å². The van der Waals surface area contributed by atoms with Crippen LogP contribution >= 0.6 is 27.7 Å². The quantitative estimate of drug-likeness (QED) is 0.322. The molecule has 14 nitrogen and oxygen atoms in total. The van der Waals surface area contributed by atoms with Gasteiger partial charge in [-0.3, -0.25) is 9.35 Å². The van der Waals surface area contributed by atoms with Gasteiger partial charge in [0.2, 0.25) is 6.79 Å². The topological polar surface area (TPSA) is 214 Å². The van der Waals surface area contributed by atoms with Crippen LogP contribution in [0, 0.1) is 5.92 Å². The van der Waals surface area contributed by atoms with Crippen LogP contribution in [0.2, 0.25) is 0 Å². The number of aryl methyl sites for hydroxylation is 1. The van der Waals surface area contributed by atoms with E-state index in [9.17, 15) is 18.3 Å². The summed E-state index contributed by atoms with van der Waals surface area (Å²) in [5.41, 5.74) is 7.39. The third-order valence-electron chi connectivity index (χ3n) is 6.20. The van der Waals surface area contributed by atoms with Crippen molar-refractivity contribution >= 4 is 60.7 Å². The zero-order valence-corrected chi connectivity index (χ0v) is 25.0. The van der Waals surface area contributed by atoms with E-state index >= 15 is 0 Å². The molecule has 0 saturated carbocycles. The summed E-state index contributed by atoms with van der Waals surface area (Å²) in [5.74, 6) is 2.02. The number of piperidine rings is 1. The highest BCUT2D eigenvalue weighted by atomic mass is 79.9. The second-order valence-corrected chi connectivity index (χ2v) is 12.5. The number of aliphatic hydroxyl groups excluding tert-OH is 1. The van der Waals surface area contributed by atoms with E-state index in [1.165, 1.54) is 25.0 Å². The number of halogens is 1. The molecule has 4 heterocycles. The van der Waals surface area contributed by atoms with Gasteiger partial charge >= 0.3 is 0 Å². The van der Waals surface area contributed by atoms with Crippen LogP contribution in [0.15, 0.2) is 33.0 Å². The molecular formula is C23H31BrN6O8S2. The molecule has 1 aromatic carbocycles. The van der Waals surface area contributed by atoms with Gasteiger partial charge in [0.05, 0.1) is 6.26 Å². The SMILES string of the molecule is CS(=O)(=O)O.C[C@H](O)C(=O)N1CCC(CCn2c(Sc3cc4c(cc3Br)OCO4)nc3c(N)ncnc32)CC1.O. The van der Waals surface area contributed by atoms with Crippen molar-refractivity contribution in [2.45, 2.75) is 48.9 Å². The standard InChI is InChI=1S/C22H25BrN6O4S.CH4O3S.H2O/c1-12(30)21(31)28-5-2-13(3-6-28)4-7-29-20-18(19(24)25-10-26-20)27-22(29)34-17-9-16-15(8-14(17)23)32-11-33-16;1-5(2,3)4;/h8-10,12-13,30H,2-7,11H2,1H3,(H2,24,25,26);1H3,(H,2,3,4);1H2/t12-;;/m0../s1. The van der Waals surface area contributed by atoms with Gasteiger partial charge in [-0.05, 0) is 60.2 Å². The number of aromatic nitrogens is 4. The summed E-state index contributed by atoms with van der Waals surface area (Å²) in [6.45, 7) is 3.78. The molecule has 2 aliphatic heterocycles. The van der Waals surface area contributed by atoms with Crippen molar-refractivity contribution in [3.8, 4) is 11.5 Å². The number of nitrogens with zero attached hydrogens (tertiary/aromatic N) is 5. The Morgan fingerprint density at radius 3 is 2.50 bits per heavy atom. The summed E-state index contributed by atoms with van der Waals surface area (Å²) < 4.78 is 39.8. The number of carbonyl (C=O) groups is 1. The van der Waals surface area contributed by atoms with Gasteiger partial charge in [0.1, 0.15) is 12.4 Å². The minimum atomic E-state index is -3.67. The maximum atomic E-state index is 12.1. The predicted octanol–water partition coefficient (Wildman–Crippen LogP) is 1.74. The molecule has 0 bridgehead atoms. The van der Waals surface area contributed by atoms with Gasteiger partial charge in [-0.2, -0.15) is 8.42 Å². The van der Waals surface area contributed by atoms with Gasteiger partial charge < -0.3 is 35.3 Å². The number of amides is 1. The van der Waals surface area contributed by atoms with Crippen LogP contribution in [0.25, 0.3) is 11.2 Å². The molecule has 6 N–H and O–H groups in total. The van der Waals surface area contributed by atoms with Gasteiger partial charge in [-0.1, -0.05) is 11.8 Å². The number of hydrogen-bond acceptors (Lipinski definition) is 11. The summed E-state index contributed by atoms with van der Waals surface area (Å²) in [7, 11) is -3.67. The fourth-order valence-electron chi connectivity index (χ4n) is 4.31. The molecule has 40 heavy (non-hydrogen) atoms. The number of rotatable bonds is 6. The zero-order chi connectivity index (χ0) is 28.3. The lowest BCUT2D eigenvalue weighted by Crippen LogP contribution is -2.43. The number of aliphatic hydroxyl groups is 1. The number of benzene rings is 1. The van der Waals surface area contributed by atoms with Gasteiger partial charge in [-0.25, -0.2) is 15.0 Å². The highest BCUT2D eigenvalue weighted by Gasteiger charge is 2.26. The number of hydrogen-bond donors (Lipinski definition) is 3. The van der Waals surface area contributed by atoms with Gasteiger partial charge in [0, 0.05) is 29.0 Å². The lowest BCUT2D eigenvalue weighted by Gasteiger charge is -2.32. The van der Waals surface area contributed by atoms with E-state index in [1.54, 1.807) is 4.90 Å². The monoisotopic (exact) mass is 662 g/mol. The molecule has 2 aliphatic rings. The smallest absolute Gasteiger partial charge is 0.261 e. The number of fused-ring (bicyclic) bond motifs is 2. The summed E-state index contributed by atoms with van der Waals surface area (Å²) in [6, 6.07) is 3.83. The van der Waals surface area contributed by atoms with Crippen molar-refractivity contribution in [3.63, 3.8) is 0 Å². The van der Waals surface area contributed by atoms with Crippen molar-refractivity contribution in [2.24, 2.45) is 5.92 Å². The van der Waals surface area contributed by atoms with Crippen molar-refractivity contribution in [2.75, 3.05) is 31.9 Å². The highest BCUT2D eigenvalue weighted by molar-refractivity contribution is 9.10. The van der Waals surface area contributed by atoms with Gasteiger partial charge in [-0.15, -0.1) is 0 Å². The van der Waals surface area contributed by atoms with E-state index in [2.05, 4.69) is 30.5 Å². The zero-order valence-electron chi connectivity index (χ0n) is 21.8. The van der Waals surface area contributed by atoms with Crippen molar-refractivity contribution in [3.05, 3.63) is 22.9 Å². The summed E-state index contributed by atoms with van der Waals surface area (Å²) in [4.78, 5) is 28.1. The molecule has 2 aromatic heterocycles. The first-order valence-corrected chi connectivity index (χ1v) is 15.5. The maximum absolute atomic E-state index is 12.1. The molecule has 0 radical (unpaired) electrons. The lowest BCUT2D eigenvalue weighted by atomic mass is 9.93. The molecule has 1 fully saturated rings. The first-order valence-electron chi connectivity index (χ1n) is 12.0. The van der Waals surface area contributed by atoms with Crippen LogP contribution in [0.1, 0.15) is 26.2 Å². The normalized spacial score (nSPS) is 15.8. The Bertz CT molecular complexity index is 1450.